The summed E-state index contributed by atoms with van der Waals surface area (Å²) < 4.78 is 11.6. The summed E-state index contributed by atoms with van der Waals surface area (Å²) in [4.78, 5) is 26.1. The molecule has 2 heterocycles. The van der Waals surface area contributed by atoms with Gasteiger partial charge >= 0.3 is 11.9 Å². The molecule has 1 aromatic heterocycles. The standard InChI is InChI=1S/C20H25N3O5/c1-3-28-20(26)18-16-13-22(9-8-17(16)23(21-18)10-11-24)12-14-4-6-15(7-5-14)19(25)27-2/h4-7,24H,3,8-13H2,1-2H3. The van der Waals surface area contributed by atoms with Crippen molar-refractivity contribution in [3.63, 3.8) is 0 Å². The van der Waals surface area contributed by atoms with Gasteiger partial charge in [0.15, 0.2) is 5.69 Å². The summed E-state index contributed by atoms with van der Waals surface area (Å²) in [5, 5.41) is 13.7. The quantitative estimate of drug-likeness (QED) is 0.718. The Kier molecular flexibility index (Phi) is 6.43. The minimum absolute atomic E-state index is 0.0351. The van der Waals surface area contributed by atoms with E-state index < -0.39 is 5.97 Å². The van der Waals surface area contributed by atoms with E-state index >= 15 is 0 Å². The number of ether oxygens (including phenoxy) is 2. The van der Waals surface area contributed by atoms with Crippen molar-refractivity contribution in [1.82, 2.24) is 14.7 Å². The minimum atomic E-state index is -0.431. The van der Waals surface area contributed by atoms with E-state index in [0.29, 0.717) is 30.9 Å². The smallest absolute Gasteiger partial charge is 0.359 e. The molecule has 2 aromatic rings. The Morgan fingerprint density at radius 1 is 1.21 bits per heavy atom. The van der Waals surface area contributed by atoms with E-state index in [1.165, 1.54) is 7.11 Å². The first kappa shape index (κ1) is 20.0. The fourth-order valence-corrected chi connectivity index (χ4v) is 3.45. The van der Waals surface area contributed by atoms with Gasteiger partial charge in [-0.25, -0.2) is 9.59 Å². The van der Waals surface area contributed by atoms with Gasteiger partial charge in [0, 0.05) is 37.3 Å². The lowest BCUT2D eigenvalue weighted by atomic mass is 10.0. The maximum atomic E-state index is 12.3. The van der Waals surface area contributed by atoms with Gasteiger partial charge in [0.25, 0.3) is 0 Å². The number of methoxy groups -OCH3 is 1. The van der Waals surface area contributed by atoms with E-state index in [2.05, 4.69) is 10.00 Å². The number of hydrogen-bond acceptors (Lipinski definition) is 7. The molecule has 0 unspecified atom stereocenters. The molecular formula is C20H25N3O5. The molecule has 3 rings (SSSR count). The van der Waals surface area contributed by atoms with Crippen molar-refractivity contribution in [2.45, 2.75) is 33.0 Å². The summed E-state index contributed by atoms with van der Waals surface area (Å²) in [5.41, 5.74) is 3.76. The lowest BCUT2D eigenvalue weighted by Crippen LogP contribution is -2.31. The first-order valence-corrected chi connectivity index (χ1v) is 9.33. The van der Waals surface area contributed by atoms with Gasteiger partial charge in [-0.15, -0.1) is 0 Å². The molecule has 150 valence electrons. The number of nitrogens with zero attached hydrogens (tertiary/aromatic N) is 3. The van der Waals surface area contributed by atoms with E-state index in [1.807, 2.05) is 12.1 Å². The monoisotopic (exact) mass is 387 g/mol. The zero-order valence-corrected chi connectivity index (χ0v) is 16.2. The second-order valence-electron chi connectivity index (χ2n) is 6.59. The van der Waals surface area contributed by atoms with Crippen LogP contribution in [0.1, 0.15) is 44.6 Å². The SMILES string of the molecule is CCOC(=O)c1nn(CCO)c2c1CN(Cc1ccc(C(=O)OC)cc1)CC2. The molecule has 28 heavy (non-hydrogen) atoms. The van der Waals surface area contributed by atoms with Crippen molar-refractivity contribution in [2.24, 2.45) is 0 Å². The van der Waals surface area contributed by atoms with Crippen LogP contribution in [0.25, 0.3) is 0 Å². The molecular weight excluding hydrogens is 362 g/mol. The van der Waals surface area contributed by atoms with Crippen molar-refractivity contribution in [3.05, 3.63) is 52.3 Å². The molecule has 1 aliphatic rings. The Balaban J connectivity index is 1.77. The molecule has 0 atom stereocenters. The second-order valence-corrected chi connectivity index (χ2v) is 6.59. The number of aromatic nitrogens is 2. The molecule has 0 fully saturated rings. The van der Waals surface area contributed by atoms with Crippen LogP contribution < -0.4 is 0 Å². The molecule has 8 nitrogen and oxygen atoms in total. The number of aliphatic hydroxyl groups is 1. The van der Waals surface area contributed by atoms with Gasteiger partial charge in [-0.05, 0) is 24.6 Å². The number of carbonyl (C=O) groups is 2. The summed E-state index contributed by atoms with van der Waals surface area (Å²) in [6.07, 6.45) is 0.738. The van der Waals surface area contributed by atoms with Crippen LogP contribution in [-0.4, -0.2) is 58.6 Å². The normalized spacial score (nSPS) is 13.8. The molecule has 1 N–H and O–H groups in total. The second kappa shape index (κ2) is 8.99. The van der Waals surface area contributed by atoms with E-state index in [1.54, 1.807) is 23.7 Å². The molecule has 0 saturated carbocycles. The number of rotatable bonds is 7. The van der Waals surface area contributed by atoms with Gasteiger partial charge in [0.1, 0.15) is 0 Å². The number of hydrogen-bond donors (Lipinski definition) is 1. The van der Waals surface area contributed by atoms with Crippen LogP contribution in [0.4, 0.5) is 0 Å². The van der Waals surface area contributed by atoms with Crippen molar-refractivity contribution in [1.29, 1.82) is 0 Å². The summed E-state index contributed by atoms with van der Waals surface area (Å²) in [6, 6.07) is 7.31. The first-order valence-electron chi connectivity index (χ1n) is 9.33. The molecule has 0 radical (unpaired) electrons. The van der Waals surface area contributed by atoms with E-state index in [-0.39, 0.29) is 19.2 Å². The predicted molar refractivity (Wildman–Crippen MR) is 101 cm³/mol. The maximum absolute atomic E-state index is 12.3. The van der Waals surface area contributed by atoms with Crippen molar-refractivity contribution < 1.29 is 24.2 Å². The lowest BCUT2D eigenvalue weighted by Gasteiger charge is -2.27. The van der Waals surface area contributed by atoms with Crippen LogP contribution in [0.15, 0.2) is 24.3 Å². The van der Waals surface area contributed by atoms with Gasteiger partial charge < -0.3 is 14.6 Å². The average molecular weight is 387 g/mol. The third kappa shape index (κ3) is 4.23. The topological polar surface area (TPSA) is 93.9 Å². The fraction of sp³-hybridized carbons (Fsp3) is 0.450. The van der Waals surface area contributed by atoms with Crippen LogP contribution >= 0.6 is 0 Å². The summed E-state index contributed by atoms with van der Waals surface area (Å²) in [6.45, 7) is 4.45. The van der Waals surface area contributed by atoms with E-state index in [0.717, 1.165) is 29.8 Å². The maximum Gasteiger partial charge on any atom is 0.359 e. The van der Waals surface area contributed by atoms with Crippen LogP contribution in [-0.2, 0) is 35.5 Å². The van der Waals surface area contributed by atoms with Gasteiger partial charge in [-0.2, -0.15) is 5.10 Å². The first-order chi connectivity index (χ1) is 13.6. The van der Waals surface area contributed by atoms with Gasteiger partial charge in [-0.3, -0.25) is 9.58 Å². The van der Waals surface area contributed by atoms with Crippen molar-refractivity contribution in [3.8, 4) is 0 Å². The van der Waals surface area contributed by atoms with Gasteiger partial charge in [-0.1, -0.05) is 12.1 Å². The fourth-order valence-electron chi connectivity index (χ4n) is 3.45. The highest BCUT2D eigenvalue weighted by Crippen LogP contribution is 2.25. The van der Waals surface area contributed by atoms with Gasteiger partial charge in [0.05, 0.1) is 32.4 Å². The molecule has 8 heteroatoms. The lowest BCUT2D eigenvalue weighted by molar-refractivity contribution is 0.0514. The number of aliphatic hydroxyl groups excluding tert-OH is 1. The predicted octanol–water partition coefficient (Wildman–Crippen LogP) is 1.40. The minimum Gasteiger partial charge on any atom is -0.465 e. The highest BCUT2D eigenvalue weighted by molar-refractivity contribution is 5.89. The molecule has 0 aliphatic carbocycles. The zero-order chi connectivity index (χ0) is 20.1. The molecule has 0 bridgehead atoms. The Morgan fingerprint density at radius 3 is 2.61 bits per heavy atom. The number of esters is 2. The Bertz CT molecular complexity index is 844. The van der Waals surface area contributed by atoms with E-state index in [4.69, 9.17) is 9.47 Å². The summed E-state index contributed by atoms with van der Waals surface area (Å²) in [7, 11) is 1.36. The van der Waals surface area contributed by atoms with Crippen LogP contribution in [0.5, 0.6) is 0 Å². The van der Waals surface area contributed by atoms with Crippen LogP contribution in [0, 0.1) is 0 Å². The Morgan fingerprint density at radius 2 is 1.96 bits per heavy atom. The average Bonchev–Trinajstić information content (AvgIpc) is 3.06. The van der Waals surface area contributed by atoms with E-state index in [9.17, 15) is 14.7 Å². The zero-order valence-electron chi connectivity index (χ0n) is 16.2. The number of benzene rings is 1. The molecule has 0 saturated heterocycles. The Hall–Kier alpha value is -2.71. The third-order valence-electron chi connectivity index (χ3n) is 4.77. The van der Waals surface area contributed by atoms with Gasteiger partial charge in [0.2, 0.25) is 0 Å². The third-order valence-corrected chi connectivity index (χ3v) is 4.77. The number of carbonyl (C=O) groups excluding carboxylic acids is 2. The molecule has 0 amide bonds. The number of fused-ring (bicyclic) bond motifs is 1. The molecule has 1 aromatic carbocycles. The van der Waals surface area contributed by atoms with Crippen molar-refractivity contribution >= 4 is 11.9 Å². The molecule has 1 aliphatic heterocycles. The van der Waals surface area contributed by atoms with Crippen LogP contribution in [0.3, 0.4) is 0 Å². The Labute approximate surface area is 163 Å². The molecule has 0 spiro atoms. The summed E-state index contributed by atoms with van der Waals surface area (Å²) in [5.74, 6) is -0.788. The highest BCUT2D eigenvalue weighted by Gasteiger charge is 2.28. The van der Waals surface area contributed by atoms with Crippen molar-refractivity contribution in [2.75, 3.05) is 26.9 Å². The van der Waals surface area contributed by atoms with Crippen LogP contribution in [0.2, 0.25) is 0 Å². The highest BCUT2D eigenvalue weighted by atomic mass is 16.5. The summed E-state index contributed by atoms with van der Waals surface area (Å²) >= 11 is 0. The largest absolute Gasteiger partial charge is 0.465 e.